The highest BCUT2D eigenvalue weighted by Gasteiger charge is 2.23. The van der Waals surface area contributed by atoms with E-state index >= 15 is 0 Å². The average Bonchev–Trinajstić information content (AvgIpc) is 3.22. The number of nitro groups is 1. The molecule has 3 aromatic rings. The van der Waals surface area contributed by atoms with Gasteiger partial charge in [0.25, 0.3) is 11.6 Å². The number of aromatic nitrogens is 3. The summed E-state index contributed by atoms with van der Waals surface area (Å²) >= 11 is 1.06. The zero-order chi connectivity index (χ0) is 23.4. The van der Waals surface area contributed by atoms with Gasteiger partial charge >= 0.3 is 5.97 Å². The van der Waals surface area contributed by atoms with E-state index in [1.165, 1.54) is 24.0 Å². The number of ether oxygens (including phenoxy) is 1. The van der Waals surface area contributed by atoms with E-state index < -0.39 is 23.4 Å². The van der Waals surface area contributed by atoms with Crippen LogP contribution in [0.3, 0.4) is 0 Å². The largest absolute Gasteiger partial charge is 0.452 e. The lowest BCUT2D eigenvalue weighted by Crippen LogP contribution is -2.34. The van der Waals surface area contributed by atoms with Gasteiger partial charge in [-0.1, -0.05) is 24.3 Å². The Labute approximate surface area is 193 Å². The molecule has 10 nitrogen and oxygen atoms in total. The van der Waals surface area contributed by atoms with E-state index in [0.29, 0.717) is 10.1 Å². The van der Waals surface area contributed by atoms with Crippen LogP contribution in [0, 0.1) is 10.1 Å². The van der Waals surface area contributed by atoms with Crippen molar-refractivity contribution in [3.8, 4) is 0 Å². The molecule has 2 aromatic carbocycles. The lowest BCUT2D eigenvalue weighted by atomic mass is 9.88. The van der Waals surface area contributed by atoms with E-state index in [2.05, 4.69) is 15.5 Å². The first-order valence-electron chi connectivity index (χ1n) is 10.3. The molecule has 1 amide bonds. The summed E-state index contributed by atoms with van der Waals surface area (Å²) in [7, 11) is 1.72. The number of fused-ring (bicyclic) bond motifs is 1. The lowest BCUT2D eigenvalue weighted by Gasteiger charge is -2.26. The molecule has 11 heteroatoms. The maximum absolute atomic E-state index is 12.4. The number of nitrogens with zero attached hydrogens (tertiary/aromatic N) is 4. The highest BCUT2D eigenvalue weighted by molar-refractivity contribution is 7.99. The van der Waals surface area contributed by atoms with Crippen molar-refractivity contribution in [3.63, 3.8) is 0 Å². The van der Waals surface area contributed by atoms with Crippen molar-refractivity contribution in [1.82, 2.24) is 20.1 Å². The Morgan fingerprint density at radius 2 is 2.12 bits per heavy atom. The third-order valence-corrected chi connectivity index (χ3v) is 6.42. The second-order valence-corrected chi connectivity index (χ2v) is 8.56. The number of rotatable bonds is 7. The van der Waals surface area contributed by atoms with Gasteiger partial charge in [0, 0.05) is 13.1 Å². The number of nitro benzene ring substituents is 1. The number of nitrogens with one attached hydrogen (secondary N) is 1. The van der Waals surface area contributed by atoms with Crippen LogP contribution >= 0.6 is 11.8 Å². The maximum atomic E-state index is 12.4. The van der Waals surface area contributed by atoms with Crippen LogP contribution in [-0.4, -0.2) is 38.2 Å². The van der Waals surface area contributed by atoms with Gasteiger partial charge in [0.1, 0.15) is 6.33 Å². The SMILES string of the molecule is Cn1cnnc1Sc1ccc(C(=O)OCC(=O)NC2CCCc3ccccc32)cc1[N+](=O)[O-]. The molecule has 1 aliphatic carbocycles. The molecule has 0 saturated carbocycles. The van der Waals surface area contributed by atoms with E-state index in [0.717, 1.165) is 42.7 Å². The highest BCUT2D eigenvalue weighted by atomic mass is 32.2. The van der Waals surface area contributed by atoms with E-state index in [1.54, 1.807) is 11.6 Å². The third kappa shape index (κ3) is 5.20. The Morgan fingerprint density at radius 1 is 1.30 bits per heavy atom. The summed E-state index contributed by atoms with van der Waals surface area (Å²) in [5.74, 6) is -1.23. The summed E-state index contributed by atoms with van der Waals surface area (Å²) in [4.78, 5) is 36.1. The van der Waals surface area contributed by atoms with Gasteiger partial charge in [-0.05, 0) is 54.3 Å². The molecule has 0 radical (unpaired) electrons. The normalized spacial score (nSPS) is 14.9. The van der Waals surface area contributed by atoms with Crippen LogP contribution in [0.25, 0.3) is 0 Å². The van der Waals surface area contributed by atoms with Crippen LogP contribution in [0.15, 0.2) is 58.8 Å². The highest BCUT2D eigenvalue weighted by Crippen LogP contribution is 2.34. The Balaban J connectivity index is 1.39. The van der Waals surface area contributed by atoms with Crippen molar-refractivity contribution in [2.24, 2.45) is 7.05 Å². The van der Waals surface area contributed by atoms with Gasteiger partial charge in [0.15, 0.2) is 11.8 Å². The number of aryl methyl sites for hydroxylation is 2. The molecule has 0 aliphatic heterocycles. The Kier molecular flexibility index (Phi) is 6.68. The molecule has 170 valence electrons. The number of amides is 1. The predicted octanol–water partition coefficient (Wildman–Crippen LogP) is 3.23. The molecule has 1 heterocycles. The molecule has 0 saturated heterocycles. The fourth-order valence-corrected chi connectivity index (χ4v) is 4.54. The van der Waals surface area contributed by atoms with E-state index in [9.17, 15) is 19.7 Å². The van der Waals surface area contributed by atoms with E-state index in [-0.39, 0.29) is 17.3 Å². The molecule has 1 aliphatic rings. The monoisotopic (exact) mass is 467 g/mol. The number of hydrogen-bond acceptors (Lipinski definition) is 8. The fraction of sp³-hybridized carbons (Fsp3) is 0.273. The van der Waals surface area contributed by atoms with Crippen molar-refractivity contribution < 1.29 is 19.2 Å². The van der Waals surface area contributed by atoms with Crippen molar-refractivity contribution in [3.05, 3.63) is 75.6 Å². The second kappa shape index (κ2) is 9.82. The Morgan fingerprint density at radius 3 is 2.88 bits per heavy atom. The van der Waals surface area contributed by atoms with Crippen LogP contribution in [0.2, 0.25) is 0 Å². The average molecular weight is 468 g/mol. The number of carbonyl (C=O) groups excluding carboxylic acids is 2. The molecular formula is C22H21N5O5S. The summed E-state index contributed by atoms with van der Waals surface area (Å²) < 4.78 is 6.74. The summed E-state index contributed by atoms with van der Waals surface area (Å²) in [6.45, 7) is -0.471. The van der Waals surface area contributed by atoms with Crippen LogP contribution in [0.5, 0.6) is 0 Å². The van der Waals surface area contributed by atoms with Gasteiger partial charge < -0.3 is 14.6 Å². The second-order valence-electron chi connectivity index (χ2n) is 7.55. The molecule has 1 atom stereocenters. The molecular weight excluding hydrogens is 446 g/mol. The first-order valence-corrected chi connectivity index (χ1v) is 11.1. The molecule has 0 spiro atoms. The number of carbonyl (C=O) groups is 2. The zero-order valence-electron chi connectivity index (χ0n) is 17.8. The van der Waals surface area contributed by atoms with Crippen molar-refractivity contribution in [2.45, 2.75) is 35.4 Å². The van der Waals surface area contributed by atoms with Crippen LogP contribution in [-0.2, 0) is 23.0 Å². The maximum Gasteiger partial charge on any atom is 0.338 e. The molecule has 0 bridgehead atoms. The van der Waals surface area contributed by atoms with Gasteiger partial charge in [0.05, 0.1) is 21.4 Å². The first kappa shape index (κ1) is 22.5. The minimum absolute atomic E-state index is 0.0140. The quantitative estimate of drug-likeness (QED) is 0.319. The van der Waals surface area contributed by atoms with Crippen LogP contribution < -0.4 is 5.32 Å². The van der Waals surface area contributed by atoms with Crippen molar-refractivity contribution >= 4 is 29.3 Å². The summed E-state index contributed by atoms with van der Waals surface area (Å²) in [5, 5.41) is 22.5. The molecule has 33 heavy (non-hydrogen) atoms. The molecule has 1 N–H and O–H groups in total. The van der Waals surface area contributed by atoms with Crippen LogP contribution in [0.1, 0.15) is 40.4 Å². The van der Waals surface area contributed by atoms with E-state index in [4.69, 9.17) is 4.74 Å². The number of benzene rings is 2. The molecule has 1 aromatic heterocycles. The number of esters is 1. The van der Waals surface area contributed by atoms with Gasteiger partial charge in [-0.2, -0.15) is 0 Å². The van der Waals surface area contributed by atoms with Gasteiger partial charge in [-0.15, -0.1) is 10.2 Å². The lowest BCUT2D eigenvalue weighted by molar-refractivity contribution is -0.387. The molecule has 1 unspecified atom stereocenters. The summed E-state index contributed by atoms with van der Waals surface area (Å²) in [6, 6.07) is 11.8. The zero-order valence-corrected chi connectivity index (χ0v) is 18.6. The predicted molar refractivity (Wildman–Crippen MR) is 119 cm³/mol. The summed E-state index contributed by atoms with van der Waals surface area (Å²) in [6.07, 6.45) is 4.23. The smallest absolute Gasteiger partial charge is 0.338 e. The summed E-state index contributed by atoms with van der Waals surface area (Å²) in [5.41, 5.74) is 2.01. The van der Waals surface area contributed by atoms with E-state index in [1.807, 2.05) is 24.3 Å². The fourth-order valence-electron chi connectivity index (χ4n) is 3.69. The molecule has 0 fully saturated rings. The number of hydrogen-bond donors (Lipinski definition) is 1. The van der Waals surface area contributed by atoms with Crippen LogP contribution in [0.4, 0.5) is 5.69 Å². The topological polar surface area (TPSA) is 129 Å². The van der Waals surface area contributed by atoms with Crippen molar-refractivity contribution in [2.75, 3.05) is 6.61 Å². The van der Waals surface area contributed by atoms with Gasteiger partial charge in [-0.3, -0.25) is 14.9 Å². The van der Waals surface area contributed by atoms with Gasteiger partial charge in [-0.25, -0.2) is 4.79 Å². The Hall–Kier alpha value is -3.73. The Bertz CT molecular complexity index is 1210. The first-order chi connectivity index (χ1) is 15.9. The minimum atomic E-state index is -0.812. The standard InChI is InChI=1S/C22H21N5O5S/c1-26-13-23-25-22(26)33-19-10-9-15(11-18(19)27(30)31)21(29)32-12-20(28)24-17-8-4-6-14-5-2-3-7-16(14)17/h2-3,5,7,9-11,13,17H,4,6,8,12H2,1H3,(H,24,28). The third-order valence-electron chi connectivity index (χ3n) is 5.30. The minimum Gasteiger partial charge on any atom is -0.452 e. The van der Waals surface area contributed by atoms with Gasteiger partial charge in [0.2, 0.25) is 0 Å². The van der Waals surface area contributed by atoms with Crippen molar-refractivity contribution in [1.29, 1.82) is 0 Å². The molecule has 4 rings (SSSR count).